The molecule has 1 aromatic carbocycles. The van der Waals surface area contributed by atoms with E-state index in [1.807, 2.05) is 0 Å². The van der Waals surface area contributed by atoms with Crippen LogP contribution in [0.5, 0.6) is 11.5 Å². The molecule has 2 aliphatic heterocycles. The van der Waals surface area contributed by atoms with Crippen molar-refractivity contribution < 1.29 is 17.9 Å². The van der Waals surface area contributed by atoms with E-state index in [2.05, 4.69) is 5.32 Å². The second-order valence-electron chi connectivity index (χ2n) is 6.30. The topological polar surface area (TPSA) is 67.9 Å². The third kappa shape index (κ3) is 2.93. The van der Waals surface area contributed by atoms with Crippen molar-refractivity contribution in [3.63, 3.8) is 0 Å². The maximum Gasteiger partial charge on any atom is 0.243 e. The van der Waals surface area contributed by atoms with Crippen molar-refractivity contribution in [2.75, 3.05) is 40.4 Å². The Hall–Kier alpha value is -1.31. The summed E-state index contributed by atoms with van der Waals surface area (Å²) >= 11 is 0. The number of hydrogen-bond donors (Lipinski definition) is 1. The van der Waals surface area contributed by atoms with Gasteiger partial charge in [-0.25, -0.2) is 8.42 Å². The SMILES string of the molecule is COc1cc(C)c(S(=O)(=O)N2CCC3CNCC3C2)cc1OC. The van der Waals surface area contributed by atoms with Crippen molar-refractivity contribution in [2.45, 2.75) is 18.2 Å². The molecule has 23 heavy (non-hydrogen) atoms. The average Bonchev–Trinajstić information content (AvgIpc) is 3.01. The van der Waals surface area contributed by atoms with Gasteiger partial charge in [0.05, 0.1) is 19.1 Å². The van der Waals surface area contributed by atoms with Gasteiger partial charge in [-0.2, -0.15) is 4.31 Å². The molecule has 2 fully saturated rings. The van der Waals surface area contributed by atoms with Crippen LogP contribution in [0.1, 0.15) is 12.0 Å². The number of fused-ring (bicyclic) bond motifs is 1. The Morgan fingerprint density at radius 2 is 1.78 bits per heavy atom. The summed E-state index contributed by atoms with van der Waals surface area (Å²) in [6, 6.07) is 3.29. The summed E-state index contributed by atoms with van der Waals surface area (Å²) < 4.78 is 38.3. The lowest BCUT2D eigenvalue weighted by Crippen LogP contribution is -2.43. The summed E-state index contributed by atoms with van der Waals surface area (Å²) in [6.07, 6.45) is 0.920. The predicted molar refractivity (Wildman–Crippen MR) is 87.5 cm³/mol. The number of aryl methyl sites for hydroxylation is 1. The van der Waals surface area contributed by atoms with E-state index in [1.165, 1.54) is 7.11 Å². The molecule has 6 nitrogen and oxygen atoms in total. The summed E-state index contributed by atoms with van der Waals surface area (Å²) in [6.45, 7) is 4.88. The first kappa shape index (κ1) is 16.5. The van der Waals surface area contributed by atoms with E-state index in [1.54, 1.807) is 30.5 Å². The molecule has 2 heterocycles. The van der Waals surface area contributed by atoms with Crippen LogP contribution in [0.15, 0.2) is 17.0 Å². The minimum atomic E-state index is -3.52. The normalized spacial score (nSPS) is 25.2. The second kappa shape index (κ2) is 6.30. The Morgan fingerprint density at radius 3 is 2.48 bits per heavy atom. The van der Waals surface area contributed by atoms with E-state index in [-0.39, 0.29) is 0 Å². The summed E-state index contributed by atoms with van der Waals surface area (Å²) in [5.74, 6) is 2.00. The molecule has 0 bridgehead atoms. The van der Waals surface area contributed by atoms with E-state index < -0.39 is 10.0 Å². The molecule has 1 N–H and O–H groups in total. The molecular formula is C16H24N2O4S. The molecular weight excluding hydrogens is 316 g/mol. The van der Waals surface area contributed by atoms with Crippen LogP contribution in [0.25, 0.3) is 0 Å². The lowest BCUT2D eigenvalue weighted by Gasteiger charge is -2.34. The zero-order chi connectivity index (χ0) is 16.6. The standard InChI is InChI=1S/C16H24N2O4S/c1-11-6-14(21-2)15(22-3)7-16(11)23(19,20)18-5-4-12-8-17-9-13(12)10-18/h6-7,12-13,17H,4-5,8-10H2,1-3H3. The van der Waals surface area contributed by atoms with Crippen LogP contribution < -0.4 is 14.8 Å². The van der Waals surface area contributed by atoms with Crippen LogP contribution in [0.4, 0.5) is 0 Å². The fraction of sp³-hybridized carbons (Fsp3) is 0.625. The Bertz CT molecular complexity index is 690. The lowest BCUT2D eigenvalue weighted by molar-refractivity contribution is 0.227. The molecule has 3 rings (SSSR count). The van der Waals surface area contributed by atoms with Gasteiger partial charge in [-0.1, -0.05) is 0 Å². The summed E-state index contributed by atoms with van der Waals surface area (Å²) in [7, 11) is -0.461. The van der Waals surface area contributed by atoms with Gasteiger partial charge in [0.25, 0.3) is 0 Å². The minimum Gasteiger partial charge on any atom is -0.493 e. The van der Waals surface area contributed by atoms with Gasteiger partial charge < -0.3 is 14.8 Å². The predicted octanol–water partition coefficient (Wildman–Crippen LogP) is 1.24. The molecule has 2 saturated heterocycles. The monoisotopic (exact) mass is 340 g/mol. The van der Waals surface area contributed by atoms with Crippen molar-refractivity contribution in [1.29, 1.82) is 0 Å². The summed E-state index contributed by atoms with van der Waals surface area (Å²) in [5, 5.41) is 3.36. The van der Waals surface area contributed by atoms with Gasteiger partial charge in [-0.05, 0) is 49.9 Å². The number of benzene rings is 1. The van der Waals surface area contributed by atoms with Crippen LogP contribution in [0.3, 0.4) is 0 Å². The largest absolute Gasteiger partial charge is 0.493 e. The molecule has 0 aliphatic carbocycles. The number of rotatable bonds is 4. The first-order valence-electron chi connectivity index (χ1n) is 7.91. The molecule has 0 spiro atoms. The quantitative estimate of drug-likeness (QED) is 0.893. The molecule has 0 amide bonds. The van der Waals surface area contributed by atoms with E-state index in [4.69, 9.17) is 9.47 Å². The average molecular weight is 340 g/mol. The van der Waals surface area contributed by atoms with E-state index >= 15 is 0 Å². The van der Waals surface area contributed by atoms with Crippen molar-refractivity contribution in [3.05, 3.63) is 17.7 Å². The highest BCUT2D eigenvalue weighted by Crippen LogP contribution is 2.35. The molecule has 0 saturated carbocycles. The summed E-state index contributed by atoms with van der Waals surface area (Å²) in [5.41, 5.74) is 0.675. The first-order valence-corrected chi connectivity index (χ1v) is 9.35. The Morgan fingerprint density at radius 1 is 1.13 bits per heavy atom. The molecule has 0 radical (unpaired) electrons. The van der Waals surface area contributed by atoms with Gasteiger partial charge in [0.1, 0.15) is 0 Å². The zero-order valence-electron chi connectivity index (χ0n) is 13.8. The number of sulfonamides is 1. The van der Waals surface area contributed by atoms with Crippen molar-refractivity contribution in [1.82, 2.24) is 9.62 Å². The zero-order valence-corrected chi connectivity index (χ0v) is 14.6. The van der Waals surface area contributed by atoms with Gasteiger partial charge in [0.15, 0.2) is 11.5 Å². The van der Waals surface area contributed by atoms with Crippen LogP contribution in [-0.2, 0) is 10.0 Å². The van der Waals surface area contributed by atoms with Gasteiger partial charge >= 0.3 is 0 Å². The van der Waals surface area contributed by atoms with Crippen molar-refractivity contribution >= 4 is 10.0 Å². The fourth-order valence-electron chi connectivity index (χ4n) is 3.60. The molecule has 2 unspecified atom stereocenters. The van der Waals surface area contributed by atoms with Gasteiger partial charge in [-0.15, -0.1) is 0 Å². The Kier molecular flexibility index (Phi) is 4.53. The van der Waals surface area contributed by atoms with Gasteiger partial charge in [0.2, 0.25) is 10.0 Å². The third-order valence-corrected chi connectivity index (χ3v) is 6.97. The molecule has 0 aromatic heterocycles. The number of ether oxygens (including phenoxy) is 2. The van der Waals surface area contributed by atoms with E-state index in [9.17, 15) is 8.42 Å². The highest BCUT2D eigenvalue weighted by atomic mass is 32.2. The van der Waals surface area contributed by atoms with Crippen LogP contribution in [0.2, 0.25) is 0 Å². The summed E-state index contributed by atoms with van der Waals surface area (Å²) in [4.78, 5) is 0.305. The third-order valence-electron chi connectivity index (χ3n) is 4.97. The molecule has 7 heteroatoms. The highest BCUT2D eigenvalue weighted by Gasteiger charge is 2.38. The van der Waals surface area contributed by atoms with Crippen molar-refractivity contribution in [2.24, 2.45) is 11.8 Å². The Balaban J connectivity index is 1.93. The number of nitrogens with zero attached hydrogens (tertiary/aromatic N) is 1. The highest BCUT2D eigenvalue weighted by molar-refractivity contribution is 7.89. The van der Waals surface area contributed by atoms with Crippen molar-refractivity contribution in [3.8, 4) is 11.5 Å². The smallest absolute Gasteiger partial charge is 0.243 e. The molecule has 2 atom stereocenters. The second-order valence-corrected chi connectivity index (χ2v) is 8.21. The first-order chi connectivity index (χ1) is 11.0. The lowest BCUT2D eigenvalue weighted by atomic mass is 9.90. The number of hydrogen-bond acceptors (Lipinski definition) is 5. The van der Waals surface area contributed by atoms with Crippen LogP contribution >= 0.6 is 0 Å². The van der Waals surface area contributed by atoms with Crippen LogP contribution in [0, 0.1) is 18.8 Å². The van der Waals surface area contributed by atoms with E-state index in [0.29, 0.717) is 46.9 Å². The minimum absolute atomic E-state index is 0.305. The van der Waals surface area contributed by atoms with Gasteiger partial charge in [-0.3, -0.25) is 0 Å². The van der Waals surface area contributed by atoms with Gasteiger partial charge in [0, 0.05) is 19.2 Å². The number of nitrogens with one attached hydrogen (secondary N) is 1. The van der Waals surface area contributed by atoms with Crippen LogP contribution in [-0.4, -0.2) is 53.1 Å². The molecule has 2 aliphatic rings. The Labute approximate surface area is 137 Å². The number of methoxy groups -OCH3 is 2. The van der Waals surface area contributed by atoms with E-state index in [0.717, 1.165) is 19.5 Å². The number of piperidine rings is 1. The molecule has 128 valence electrons. The fourth-order valence-corrected chi connectivity index (χ4v) is 5.33. The molecule has 1 aromatic rings. The maximum absolute atomic E-state index is 13.1. The maximum atomic E-state index is 13.1.